The second kappa shape index (κ2) is 12.0. The van der Waals surface area contributed by atoms with Gasteiger partial charge in [-0.15, -0.1) is 0 Å². The number of carbonyl (C=O) groups is 1. The smallest absolute Gasteiger partial charge is 0.322 e. The van der Waals surface area contributed by atoms with E-state index in [0.29, 0.717) is 22.3 Å². The topological polar surface area (TPSA) is 113 Å². The first-order chi connectivity index (χ1) is 19.6. The van der Waals surface area contributed by atoms with Crippen molar-refractivity contribution in [3.63, 3.8) is 0 Å². The minimum atomic E-state index is -4.63. The second-order valence-electron chi connectivity index (χ2n) is 9.11. The summed E-state index contributed by atoms with van der Waals surface area (Å²) in [5.41, 5.74) is 0.282. The zero-order chi connectivity index (χ0) is 30.7. The number of benzene rings is 4. The van der Waals surface area contributed by atoms with Gasteiger partial charge in [0.25, 0.3) is 15.9 Å². The van der Waals surface area contributed by atoms with Gasteiger partial charge in [0.05, 0.1) is 28.9 Å². The zero-order valence-electron chi connectivity index (χ0n) is 21.8. The summed E-state index contributed by atoms with van der Waals surface area (Å²) in [7, 11) is -7.84. The minimum Gasteiger partial charge on any atom is -0.322 e. The molecule has 4 aromatic rings. The van der Waals surface area contributed by atoms with Crippen LogP contribution in [-0.4, -0.2) is 29.0 Å². The lowest BCUT2D eigenvalue weighted by Crippen LogP contribution is -2.29. The van der Waals surface area contributed by atoms with Crippen LogP contribution < -0.4 is 14.3 Å². The summed E-state index contributed by atoms with van der Waals surface area (Å²) in [6.45, 7) is 0.00550. The molecule has 220 valence electrons. The van der Waals surface area contributed by atoms with Crippen molar-refractivity contribution in [3.05, 3.63) is 119 Å². The molecule has 42 heavy (non-hydrogen) atoms. The quantitative estimate of drug-likeness (QED) is 0.221. The lowest BCUT2D eigenvalue weighted by molar-refractivity contribution is -0.137. The highest BCUT2D eigenvalue weighted by Crippen LogP contribution is 2.31. The lowest BCUT2D eigenvalue weighted by atomic mass is 10.1. The van der Waals surface area contributed by atoms with Crippen molar-refractivity contribution >= 4 is 54.6 Å². The van der Waals surface area contributed by atoms with E-state index in [9.17, 15) is 34.8 Å². The van der Waals surface area contributed by atoms with Gasteiger partial charge in [0.15, 0.2) is 0 Å². The van der Waals surface area contributed by atoms with Gasteiger partial charge in [-0.2, -0.15) is 13.2 Å². The number of nitrogens with zero attached hydrogens (tertiary/aromatic N) is 1. The zero-order valence-corrected chi connectivity index (χ0v) is 24.2. The molecular weight excluding hydrogens is 615 g/mol. The van der Waals surface area contributed by atoms with Crippen LogP contribution in [0.1, 0.15) is 21.5 Å². The first kappa shape index (κ1) is 30.9. The van der Waals surface area contributed by atoms with Gasteiger partial charge in [-0.1, -0.05) is 35.9 Å². The maximum absolute atomic E-state index is 12.9. The Hall–Kier alpha value is -4.07. The van der Waals surface area contributed by atoms with Crippen LogP contribution in [-0.2, 0) is 32.8 Å². The molecular formula is C28H23ClF3N3O5S2. The van der Waals surface area contributed by atoms with Gasteiger partial charge in [-0.3, -0.25) is 13.8 Å². The third-order valence-electron chi connectivity index (χ3n) is 5.90. The Bertz CT molecular complexity index is 1820. The van der Waals surface area contributed by atoms with Crippen molar-refractivity contribution in [1.29, 1.82) is 0 Å². The van der Waals surface area contributed by atoms with Crippen molar-refractivity contribution in [2.45, 2.75) is 17.6 Å². The third kappa shape index (κ3) is 7.81. The summed E-state index contributed by atoms with van der Waals surface area (Å²) in [4.78, 5) is 12.5. The van der Waals surface area contributed by atoms with E-state index < -0.39 is 37.7 Å². The Balaban J connectivity index is 1.42. The van der Waals surface area contributed by atoms with E-state index >= 15 is 0 Å². The highest BCUT2D eigenvalue weighted by atomic mass is 35.5. The number of amides is 1. The first-order valence-corrected chi connectivity index (χ1v) is 15.8. The fraction of sp³-hybridized carbons (Fsp3) is 0.107. The molecule has 0 aliphatic heterocycles. The molecule has 14 heteroatoms. The predicted octanol–water partition coefficient (Wildman–Crippen LogP) is 6.38. The van der Waals surface area contributed by atoms with E-state index in [2.05, 4.69) is 10.0 Å². The Morgan fingerprint density at radius 3 is 2.07 bits per heavy atom. The molecule has 0 spiro atoms. The minimum absolute atomic E-state index is 0.00550. The Kier molecular flexibility index (Phi) is 8.85. The number of hydrogen-bond donors (Lipinski definition) is 2. The van der Waals surface area contributed by atoms with Crippen molar-refractivity contribution in [1.82, 2.24) is 0 Å². The molecule has 4 rings (SSSR count). The molecule has 0 radical (unpaired) electrons. The van der Waals surface area contributed by atoms with E-state index in [-0.39, 0.29) is 28.4 Å². The van der Waals surface area contributed by atoms with Crippen LogP contribution in [0.3, 0.4) is 0 Å². The van der Waals surface area contributed by atoms with Gasteiger partial charge in [0.1, 0.15) is 0 Å². The average Bonchev–Trinajstić information content (AvgIpc) is 2.91. The molecule has 0 aliphatic carbocycles. The molecule has 0 bridgehead atoms. The van der Waals surface area contributed by atoms with E-state index in [1.807, 2.05) is 0 Å². The van der Waals surface area contributed by atoms with E-state index in [0.717, 1.165) is 18.4 Å². The number of carbonyl (C=O) groups excluding carboxylic acids is 1. The van der Waals surface area contributed by atoms with Gasteiger partial charge in [-0.25, -0.2) is 16.8 Å². The number of hydrogen-bond acceptors (Lipinski definition) is 5. The maximum Gasteiger partial charge on any atom is 0.416 e. The van der Waals surface area contributed by atoms with Crippen molar-refractivity contribution in [2.75, 3.05) is 20.6 Å². The summed E-state index contributed by atoms with van der Waals surface area (Å²) < 4.78 is 92.2. The van der Waals surface area contributed by atoms with Crippen LogP contribution in [0, 0.1) is 0 Å². The van der Waals surface area contributed by atoms with Gasteiger partial charge >= 0.3 is 6.18 Å². The number of nitrogens with one attached hydrogen (secondary N) is 2. The van der Waals surface area contributed by atoms with Crippen LogP contribution in [0.15, 0.2) is 102 Å². The van der Waals surface area contributed by atoms with Gasteiger partial charge in [0.2, 0.25) is 10.0 Å². The predicted molar refractivity (Wildman–Crippen MR) is 156 cm³/mol. The molecule has 0 fully saturated rings. The lowest BCUT2D eigenvalue weighted by Gasteiger charge is -2.22. The highest BCUT2D eigenvalue weighted by Gasteiger charge is 2.30. The Morgan fingerprint density at radius 2 is 1.48 bits per heavy atom. The van der Waals surface area contributed by atoms with Gasteiger partial charge in [0, 0.05) is 22.0 Å². The van der Waals surface area contributed by atoms with Crippen LogP contribution in [0.2, 0.25) is 5.02 Å². The SMILES string of the molecule is CS(=O)(=O)N(Cc1ccc(C(=O)Nc2ccc(S(=O)(=O)Nc3cccc(C(F)(F)F)c3)cc2)cc1)c1cccc(Cl)c1. The number of anilines is 3. The molecule has 2 N–H and O–H groups in total. The Morgan fingerprint density at radius 1 is 0.833 bits per heavy atom. The van der Waals surface area contributed by atoms with Crippen LogP contribution in [0.4, 0.5) is 30.2 Å². The monoisotopic (exact) mass is 637 g/mol. The average molecular weight is 638 g/mol. The summed E-state index contributed by atoms with van der Waals surface area (Å²) >= 11 is 6.01. The summed E-state index contributed by atoms with van der Waals surface area (Å²) in [5.74, 6) is -0.506. The maximum atomic E-state index is 12.9. The largest absolute Gasteiger partial charge is 0.416 e. The van der Waals surface area contributed by atoms with Crippen LogP contribution in [0.5, 0.6) is 0 Å². The van der Waals surface area contributed by atoms with Gasteiger partial charge < -0.3 is 5.32 Å². The van der Waals surface area contributed by atoms with Crippen LogP contribution in [0.25, 0.3) is 0 Å². The summed E-state index contributed by atoms with van der Waals surface area (Å²) in [5, 5.41) is 3.01. The van der Waals surface area contributed by atoms with Crippen molar-refractivity contribution in [2.24, 2.45) is 0 Å². The van der Waals surface area contributed by atoms with Gasteiger partial charge in [-0.05, 0) is 78.4 Å². The van der Waals surface area contributed by atoms with E-state index in [1.54, 1.807) is 30.3 Å². The summed E-state index contributed by atoms with van der Waals surface area (Å²) in [6, 6.07) is 21.5. The molecule has 4 aromatic carbocycles. The summed E-state index contributed by atoms with van der Waals surface area (Å²) in [6.07, 6.45) is -3.55. The van der Waals surface area contributed by atoms with Crippen molar-refractivity contribution in [3.8, 4) is 0 Å². The van der Waals surface area contributed by atoms with E-state index in [4.69, 9.17) is 11.6 Å². The fourth-order valence-corrected chi connectivity index (χ4v) is 5.97. The second-order valence-corrected chi connectivity index (χ2v) is 13.1. The number of alkyl halides is 3. The standard InChI is InChI=1S/C28H23ClF3N3O5S2/c1-41(37,38)35(25-7-3-5-22(29)17-25)18-19-8-10-20(11-9-19)27(36)33-23-12-14-26(15-13-23)42(39,40)34-24-6-2-4-21(16-24)28(30,31)32/h2-17,34H,18H2,1H3,(H,33,36). The molecule has 0 saturated heterocycles. The third-order valence-corrected chi connectivity index (χ3v) is 8.68. The fourth-order valence-electron chi connectivity index (χ4n) is 3.85. The molecule has 8 nitrogen and oxygen atoms in total. The molecule has 0 heterocycles. The van der Waals surface area contributed by atoms with E-state index in [1.165, 1.54) is 52.8 Å². The molecule has 1 amide bonds. The molecule has 0 aromatic heterocycles. The number of sulfonamides is 2. The number of rotatable bonds is 9. The molecule has 0 aliphatic rings. The number of halogens is 4. The first-order valence-electron chi connectivity index (χ1n) is 12.1. The normalized spacial score (nSPS) is 12.0. The Labute approximate surface area is 245 Å². The molecule has 0 saturated carbocycles. The molecule has 0 atom stereocenters. The highest BCUT2D eigenvalue weighted by molar-refractivity contribution is 7.92. The molecule has 0 unspecified atom stereocenters. The van der Waals surface area contributed by atoms with Crippen molar-refractivity contribution < 1.29 is 34.8 Å². The van der Waals surface area contributed by atoms with Crippen LogP contribution >= 0.6 is 11.6 Å².